The second kappa shape index (κ2) is 10.8. The van der Waals surface area contributed by atoms with Crippen molar-refractivity contribution in [2.75, 3.05) is 0 Å². The average Bonchev–Trinajstić information content (AvgIpc) is 3.28. The van der Waals surface area contributed by atoms with Crippen molar-refractivity contribution in [2.24, 2.45) is 0 Å². The summed E-state index contributed by atoms with van der Waals surface area (Å²) in [5.41, 5.74) is 3.38. The Morgan fingerprint density at radius 3 is 1.60 bits per heavy atom. The molecule has 0 unspecified atom stereocenters. The quantitative estimate of drug-likeness (QED) is 0.645. The van der Waals surface area contributed by atoms with E-state index in [4.69, 9.17) is 20.7 Å². The van der Waals surface area contributed by atoms with Crippen LogP contribution in [0.15, 0.2) is 67.3 Å². The van der Waals surface area contributed by atoms with Gasteiger partial charge in [-0.05, 0) is 35.4 Å². The third-order valence-electron chi connectivity index (χ3n) is 4.09. The fourth-order valence-corrected chi connectivity index (χ4v) is 2.65. The molecule has 0 radical (unpaired) electrons. The fourth-order valence-electron chi connectivity index (χ4n) is 2.65. The van der Waals surface area contributed by atoms with Gasteiger partial charge in [-0.15, -0.1) is 0 Å². The molecule has 1 heterocycles. The summed E-state index contributed by atoms with van der Waals surface area (Å²) in [6.45, 7) is 0. The van der Waals surface area contributed by atoms with E-state index in [1.807, 2.05) is 59.3 Å². The zero-order chi connectivity index (χ0) is 21.9. The normalized spacial score (nSPS) is 9.70. The molecule has 2 aromatic carbocycles. The molecule has 0 spiro atoms. The summed E-state index contributed by atoms with van der Waals surface area (Å²) in [6.07, 6.45) is 4.81. The molecule has 0 aliphatic carbocycles. The SMILES string of the molecule is N#Cc1ccc(C(c2ccc(C#N)cc2)n2ccnc2)cc1.O=C(O)CCC(=O)O. The first-order chi connectivity index (χ1) is 14.4. The first-order valence-electron chi connectivity index (χ1n) is 8.85. The van der Waals surface area contributed by atoms with Crippen molar-refractivity contribution < 1.29 is 19.8 Å². The van der Waals surface area contributed by atoms with Gasteiger partial charge in [0.15, 0.2) is 0 Å². The molecule has 0 fully saturated rings. The Morgan fingerprint density at radius 2 is 1.30 bits per heavy atom. The van der Waals surface area contributed by atoms with E-state index >= 15 is 0 Å². The Kier molecular flexibility index (Phi) is 7.86. The number of benzene rings is 2. The van der Waals surface area contributed by atoms with Crippen molar-refractivity contribution in [3.8, 4) is 12.1 Å². The summed E-state index contributed by atoms with van der Waals surface area (Å²) in [4.78, 5) is 23.4. The van der Waals surface area contributed by atoms with Gasteiger partial charge in [0.05, 0.1) is 48.5 Å². The summed E-state index contributed by atoms with van der Waals surface area (Å²) in [5.74, 6) is -2.15. The lowest BCUT2D eigenvalue weighted by Gasteiger charge is -2.19. The molecule has 3 rings (SSSR count). The largest absolute Gasteiger partial charge is 0.481 e. The summed E-state index contributed by atoms with van der Waals surface area (Å²) >= 11 is 0. The van der Waals surface area contributed by atoms with E-state index in [-0.39, 0.29) is 18.9 Å². The second-order valence-electron chi connectivity index (χ2n) is 6.17. The van der Waals surface area contributed by atoms with Crippen LogP contribution in [0.1, 0.15) is 41.1 Å². The van der Waals surface area contributed by atoms with Gasteiger partial charge in [0.25, 0.3) is 0 Å². The number of rotatable bonds is 6. The Labute approximate surface area is 172 Å². The van der Waals surface area contributed by atoms with Gasteiger partial charge in [-0.25, -0.2) is 4.98 Å². The molecule has 8 nitrogen and oxygen atoms in total. The Hall–Kier alpha value is -4.43. The van der Waals surface area contributed by atoms with E-state index in [2.05, 4.69) is 17.1 Å². The van der Waals surface area contributed by atoms with Gasteiger partial charge in [-0.3, -0.25) is 9.59 Å². The monoisotopic (exact) mass is 402 g/mol. The van der Waals surface area contributed by atoms with Crippen LogP contribution in [-0.2, 0) is 9.59 Å². The zero-order valence-corrected chi connectivity index (χ0v) is 15.8. The minimum atomic E-state index is -1.08. The van der Waals surface area contributed by atoms with Crippen LogP contribution >= 0.6 is 0 Å². The van der Waals surface area contributed by atoms with Crippen molar-refractivity contribution >= 4 is 11.9 Å². The number of carboxylic acids is 2. The molecule has 0 saturated carbocycles. The molecule has 1 aromatic heterocycles. The van der Waals surface area contributed by atoms with Crippen LogP contribution in [-0.4, -0.2) is 31.7 Å². The highest BCUT2D eigenvalue weighted by molar-refractivity contribution is 5.75. The van der Waals surface area contributed by atoms with Crippen molar-refractivity contribution in [3.63, 3.8) is 0 Å². The lowest BCUT2D eigenvalue weighted by molar-refractivity contribution is -0.143. The first kappa shape index (κ1) is 21.9. The Bertz CT molecular complexity index is 989. The molecule has 0 bridgehead atoms. The summed E-state index contributed by atoms with van der Waals surface area (Å²) in [6, 6.07) is 19.2. The number of aromatic nitrogens is 2. The molecule has 2 N–H and O–H groups in total. The molecule has 0 aliphatic rings. The molecule has 0 atom stereocenters. The number of hydrogen-bond acceptors (Lipinski definition) is 5. The number of imidazole rings is 1. The van der Waals surface area contributed by atoms with E-state index in [1.165, 1.54) is 0 Å². The van der Waals surface area contributed by atoms with Crippen LogP contribution in [0.2, 0.25) is 0 Å². The minimum absolute atomic E-state index is 0.0389. The highest BCUT2D eigenvalue weighted by Gasteiger charge is 2.15. The predicted molar refractivity (Wildman–Crippen MR) is 106 cm³/mol. The standard InChI is InChI=1S/C18H12N4.C4H6O4/c19-11-14-1-5-16(6-2-14)18(22-10-9-21-13-22)17-7-3-15(12-20)4-8-17;5-3(6)1-2-4(7)8/h1-10,13,18H;1-2H2,(H,5,6)(H,7,8). The molecule has 0 saturated heterocycles. The van der Waals surface area contributed by atoms with Crippen LogP contribution in [0.25, 0.3) is 0 Å². The van der Waals surface area contributed by atoms with Crippen molar-refractivity contribution in [3.05, 3.63) is 89.5 Å². The fraction of sp³-hybridized carbons (Fsp3) is 0.136. The predicted octanol–water partition coefficient (Wildman–Crippen LogP) is 3.20. The smallest absolute Gasteiger partial charge is 0.303 e. The van der Waals surface area contributed by atoms with Gasteiger partial charge < -0.3 is 14.8 Å². The third-order valence-corrected chi connectivity index (χ3v) is 4.09. The van der Waals surface area contributed by atoms with Gasteiger partial charge in [0, 0.05) is 12.4 Å². The number of hydrogen-bond donors (Lipinski definition) is 2. The molecular weight excluding hydrogens is 384 g/mol. The lowest BCUT2D eigenvalue weighted by atomic mass is 9.97. The van der Waals surface area contributed by atoms with Crippen LogP contribution in [0.5, 0.6) is 0 Å². The Morgan fingerprint density at radius 1 is 0.867 bits per heavy atom. The van der Waals surface area contributed by atoms with Crippen LogP contribution in [0.3, 0.4) is 0 Å². The zero-order valence-electron chi connectivity index (χ0n) is 15.8. The van der Waals surface area contributed by atoms with Gasteiger partial charge >= 0.3 is 11.9 Å². The molecule has 150 valence electrons. The average molecular weight is 402 g/mol. The topological polar surface area (TPSA) is 140 Å². The highest BCUT2D eigenvalue weighted by atomic mass is 16.4. The molecule has 8 heteroatoms. The number of aliphatic carboxylic acids is 2. The summed E-state index contributed by atoms with van der Waals surface area (Å²) in [7, 11) is 0. The number of carboxylic acid groups (broad SMARTS) is 2. The molecule has 0 amide bonds. The van der Waals surface area contributed by atoms with E-state index in [1.54, 1.807) is 12.5 Å². The lowest BCUT2D eigenvalue weighted by Crippen LogP contribution is -2.10. The maximum atomic E-state index is 9.64. The van der Waals surface area contributed by atoms with Crippen molar-refractivity contribution in [1.29, 1.82) is 10.5 Å². The van der Waals surface area contributed by atoms with Crippen LogP contribution in [0.4, 0.5) is 0 Å². The van der Waals surface area contributed by atoms with Crippen LogP contribution < -0.4 is 0 Å². The van der Waals surface area contributed by atoms with Gasteiger partial charge in [-0.2, -0.15) is 10.5 Å². The number of carbonyl (C=O) groups is 2. The maximum absolute atomic E-state index is 9.64. The third kappa shape index (κ3) is 6.32. The summed E-state index contributed by atoms with van der Waals surface area (Å²) in [5, 5.41) is 33.7. The number of nitriles is 2. The first-order valence-corrected chi connectivity index (χ1v) is 8.85. The highest BCUT2D eigenvalue weighted by Crippen LogP contribution is 2.27. The van der Waals surface area contributed by atoms with E-state index < -0.39 is 11.9 Å². The summed E-state index contributed by atoms with van der Waals surface area (Å²) < 4.78 is 2.00. The van der Waals surface area contributed by atoms with Crippen molar-refractivity contribution in [2.45, 2.75) is 18.9 Å². The maximum Gasteiger partial charge on any atom is 0.303 e. The molecular formula is C22H18N4O4. The Balaban J connectivity index is 0.000000343. The van der Waals surface area contributed by atoms with Gasteiger partial charge in [0.2, 0.25) is 0 Å². The van der Waals surface area contributed by atoms with E-state index in [0.29, 0.717) is 11.1 Å². The minimum Gasteiger partial charge on any atom is -0.481 e. The second-order valence-corrected chi connectivity index (χ2v) is 6.17. The van der Waals surface area contributed by atoms with Gasteiger partial charge in [0.1, 0.15) is 0 Å². The molecule has 3 aromatic rings. The molecule has 0 aliphatic heterocycles. The van der Waals surface area contributed by atoms with Crippen molar-refractivity contribution in [1.82, 2.24) is 9.55 Å². The molecule has 30 heavy (non-hydrogen) atoms. The van der Waals surface area contributed by atoms with Gasteiger partial charge in [-0.1, -0.05) is 24.3 Å². The van der Waals surface area contributed by atoms with E-state index in [9.17, 15) is 9.59 Å². The number of nitrogens with zero attached hydrogens (tertiary/aromatic N) is 4. The van der Waals surface area contributed by atoms with E-state index in [0.717, 1.165) is 11.1 Å². The van der Waals surface area contributed by atoms with Crippen LogP contribution in [0, 0.1) is 22.7 Å².